The summed E-state index contributed by atoms with van der Waals surface area (Å²) in [7, 11) is 1.16. The van der Waals surface area contributed by atoms with Crippen LogP contribution in [0.25, 0.3) is 0 Å². The second kappa shape index (κ2) is 6.41. The van der Waals surface area contributed by atoms with Gasteiger partial charge in [0.15, 0.2) is 17.4 Å². The van der Waals surface area contributed by atoms with Crippen LogP contribution in [-0.4, -0.2) is 54.9 Å². The smallest absolute Gasteiger partial charge is 0.257 e. The summed E-state index contributed by atoms with van der Waals surface area (Å²) in [6, 6.07) is 1.97. The van der Waals surface area contributed by atoms with Crippen molar-refractivity contribution in [3.8, 4) is 5.75 Å². The van der Waals surface area contributed by atoms with Gasteiger partial charge in [-0.2, -0.15) is 0 Å². The van der Waals surface area contributed by atoms with Crippen molar-refractivity contribution in [3.05, 3.63) is 29.3 Å². The molecule has 1 saturated heterocycles. The van der Waals surface area contributed by atoms with Crippen molar-refractivity contribution in [1.29, 1.82) is 0 Å². The molecule has 126 valence electrons. The Hall–Kier alpha value is -1.73. The molecule has 3 atom stereocenters. The monoisotopic (exact) mass is 327 g/mol. The maximum Gasteiger partial charge on any atom is 0.257 e. The van der Waals surface area contributed by atoms with Crippen LogP contribution >= 0.6 is 0 Å². The highest BCUT2D eigenvalue weighted by molar-refractivity contribution is 5.95. The molecule has 0 aromatic heterocycles. The Morgan fingerprint density at radius 2 is 2.22 bits per heavy atom. The van der Waals surface area contributed by atoms with Crippen molar-refractivity contribution in [2.75, 3.05) is 26.9 Å². The molecule has 1 amide bonds. The minimum absolute atomic E-state index is 0.0388. The van der Waals surface area contributed by atoms with Crippen LogP contribution in [0.15, 0.2) is 12.1 Å². The zero-order valence-electron chi connectivity index (χ0n) is 12.8. The average Bonchev–Trinajstić information content (AvgIpc) is 2.98. The van der Waals surface area contributed by atoms with E-state index in [2.05, 4.69) is 0 Å². The summed E-state index contributed by atoms with van der Waals surface area (Å²) in [4.78, 5) is 14.3. The Kier molecular flexibility index (Phi) is 4.50. The third kappa shape index (κ3) is 2.79. The SMILES string of the molecule is COc1c(F)ccc(C(=O)N2CCO[C@H]3C[C@H](CO)C[C@@H]32)c1F. The van der Waals surface area contributed by atoms with Gasteiger partial charge in [0, 0.05) is 13.2 Å². The lowest BCUT2D eigenvalue weighted by molar-refractivity contribution is -0.0450. The summed E-state index contributed by atoms with van der Waals surface area (Å²) in [6.45, 7) is 0.749. The highest BCUT2D eigenvalue weighted by atomic mass is 19.1. The molecule has 1 heterocycles. The molecule has 0 radical (unpaired) electrons. The van der Waals surface area contributed by atoms with Crippen LogP contribution in [0.1, 0.15) is 23.2 Å². The van der Waals surface area contributed by atoms with E-state index >= 15 is 0 Å². The molecule has 5 nitrogen and oxygen atoms in total. The molecule has 1 N–H and O–H groups in total. The van der Waals surface area contributed by atoms with Crippen molar-refractivity contribution >= 4 is 5.91 Å². The average molecular weight is 327 g/mol. The Bertz CT molecular complexity index is 610. The first kappa shape index (κ1) is 16.1. The number of nitrogens with zero attached hydrogens (tertiary/aromatic N) is 1. The van der Waals surface area contributed by atoms with E-state index in [9.17, 15) is 18.7 Å². The fourth-order valence-corrected chi connectivity index (χ4v) is 3.49. The van der Waals surface area contributed by atoms with Crippen molar-refractivity contribution in [1.82, 2.24) is 4.90 Å². The predicted molar refractivity (Wildman–Crippen MR) is 77.3 cm³/mol. The molecule has 0 spiro atoms. The highest BCUT2D eigenvalue weighted by Crippen LogP contribution is 2.35. The van der Waals surface area contributed by atoms with Crippen LogP contribution in [0.5, 0.6) is 5.75 Å². The van der Waals surface area contributed by atoms with Crippen LogP contribution < -0.4 is 4.74 Å². The lowest BCUT2D eigenvalue weighted by Crippen LogP contribution is -2.51. The van der Waals surface area contributed by atoms with Gasteiger partial charge < -0.3 is 19.5 Å². The molecule has 1 aromatic rings. The molecule has 0 bridgehead atoms. The molecule has 1 aromatic carbocycles. The van der Waals surface area contributed by atoms with E-state index in [1.54, 1.807) is 4.90 Å². The normalized spacial score (nSPS) is 27.0. The van der Waals surface area contributed by atoms with Gasteiger partial charge in [0.25, 0.3) is 5.91 Å². The number of halogens is 2. The van der Waals surface area contributed by atoms with E-state index in [0.717, 1.165) is 19.2 Å². The maximum atomic E-state index is 14.3. The number of carbonyl (C=O) groups is 1. The zero-order chi connectivity index (χ0) is 16.6. The number of carbonyl (C=O) groups excluding carboxylic acids is 1. The number of rotatable bonds is 3. The Morgan fingerprint density at radius 1 is 1.43 bits per heavy atom. The predicted octanol–water partition coefficient (Wildman–Crippen LogP) is 1.59. The van der Waals surface area contributed by atoms with E-state index in [0.29, 0.717) is 26.0 Å². The van der Waals surface area contributed by atoms with Crippen molar-refractivity contribution in [2.24, 2.45) is 5.92 Å². The van der Waals surface area contributed by atoms with Gasteiger partial charge in [0.1, 0.15) is 0 Å². The molecule has 3 rings (SSSR count). The number of ether oxygens (including phenoxy) is 2. The standard InChI is InChI=1S/C16H19F2NO4/c1-22-15-11(17)3-2-10(14(15)18)16(21)19-4-5-23-13-7-9(8-20)6-12(13)19/h2-3,9,12-13,20H,4-8H2,1H3/t9-,12+,13+/m1/s1. The van der Waals surface area contributed by atoms with Gasteiger partial charge >= 0.3 is 0 Å². The zero-order valence-corrected chi connectivity index (χ0v) is 12.8. The third-order valence-corrected chi connectivity index (χ3v) is 4.64. The van der Waals surface area contributed by atoms with Gasteiger partial charge in [-0.1, -0.05) is 0 Å². The fraction of sp³-hybridized carbons (Fsp3) is 0.562. The highest BCUT2D eigenvalue weighted by Gasteiger charge is 2.43. The minimum atomic E-state index is -0.989. The summed E-state index contributed by atoms with van der Waals surface area (Å²) in [5.74, 6) is -2.82. The van der Waals surface area contributed by atoms with E-state index in [1.165, 1.54) is 0 Å². The number of aliphatic hydroxyl groups is 1. The van der Waals surface area contributed by atoms with E-state index in [4.69, 9.17) is 9.47 Å². The molecule has 1 aliphatic carbocycles. The third-order valence-electron chi connectivity index (χ3n) is 4.64. The summed E-state index contributed by atoms with van der Waals surface area (Å²) in [5, 5.41) is 9.32. The Balaban J connectivity index is 1.88. The quantitative estimate of drug-likeness (QED) is 0.916. The van der Waals surface area contributed by atoms with Gasteiger partial charge in [-0.05, 0) is 30.9 Å². The fourth-order valence-electron chi connectivity index (χ4n) is 3.49. The molecule has 7 heteroatoms. The summed E-state index contributed by atoms with van der Waals surface area (Å²) < 4.78 is 38.2. The van der Waals surface area contributed by atoms with Gasteiger partial charge in [-0.3, -0.25) is 4.79 Å². The Morgan fingerprint density at radius 3 is 2.91 bits per heavy atom. The number of benzene rings is 1. The molecule has 2 fully saturated rings. The first-order valence-electron chi connectivity index (χ1n) is 7.62. The van der Waals surface area contributed by atoms with Gasteiger partial charge in [0.2, 0.25) is 0 Å². The number of amides is 1. The lowest BCUT2D eigenvalue weighted by Gasteiger charge is -2.37. The molecule has 23 heavy (non-hydrogen) atoms. The number of aliphatic hydroxyl groups excluding tert-OH is 1. The number of hydrogen-bond acceptors (Lipinski definition) is 4. The summed E-state index contributed by atoms with van der Waals surface area (Å²) in [5.41, 5.74) is -0.212. The number of hydrogen-bond donors (Lipinski definition) is 1. The van der Waals surface area contributed by atoms with Crippen molar-refractivity contribution in [2.45, 2.75) is 25.0 Å². The van der Waals surface area contributed by atoms with Crippen molar-refractivity contribution in [3.63, 3.8) is 0 Å². The van der Waals surface area contributed by atoms with Gasteiger partial charge in [-0.15, -0.1) is 0 Å². The maximum absolute atomic E-state index is 14.3. The van der Waals surface area contributed by atoms with Crippen LogP contribution in [0.2, 0.25) is 0 Å². The van der Waals surface area contributed by atoms with Crippen LogP contribution in [-0.2, 0) is 4.74 Å². The topological polar surface area (TPSA) is 59.0 Å². The van der Waals surface area contributed by atoms with Gasteiger partial charge in [0.05, 0.1) is 31.4 Å². The van der Waals surface area contributed by atoms with Crippen LogP contribution in [0.3, 0.4) is 0 Å². The Labute approximate surface area is 132 Å². The molecular formula is C16H19F2NO4. The van der Waals surface area contributed by atoms with E-state index in [-0.39, 0.29) is 30.2 Å². The molecular weight excluding hydrogens is 308 g/mol. The number of methoxy groups -OCH3 is 1. The van der Waals surface area contributed by atoms with E-state index in [1.807, 2.05) is 0 Å². The largest absolute Gasteiger partial charge is 0.491 e. The van der Waals surface area contributed by atoms with Crippen LogP contribution in [0.4, 0.5) is 8.78 Å². The van der Waals surface area contributed by atoms with E-state index < -0.39 is 23.3 Å². The second-order valence-corrected chi connectivity index (χ2v) is 5.94. The summed E-state index contributed by atoms with van der Waals surface area (Å²) in [6.07, 6.45) is 1.16. The first-order chi connectivity index (χ1) is 11.1. The molecule has 1 aliphatic heterocycles. The number of morpholine rings is 1. The second-order valence-electron chi connectivity index (χ2n) is 5.94. The van der Waals surface area contributed by atoms with Crippen LogP contribution in [0, 0.1) is 17.6 Å². The minimum Gasteiger partial charge on any atom is -0.491 e. The molecule has 2 aliphatic rings. The summed E-state index contributed by atoms with van der Waals surface area (Å²) >= 11 is 0. The number of fused-ring (bicyclic) bond motifs is 1. The van der Waals surface area contributed by atoms with Gasteiger partial charge in [-0.25, -0.2) is 8.78 Å². The first-order valence-corrected chi connectivity index (χ1v) is 7.62. The lowest BCUT2D eigenvalue weighted by atomic mass is 10.1. The molecule has 1 saturated carbocycles. The van der Waals surface area contributed by atoms with Crippen molar-refractivity contribution < 1.29 is 28.2 Å². The molecule has 0 unspecified atom stereocenters.